The van der Waals surface area contributed by atoms with Crippen molar-refractivity contribution in [1.29, 1.82) is 0 Å². The second-order valence-corrected chi connectivity index (χ2v) is 4.22. The Morgan fingerprint density at radius 1 is 1.25 bits per heavy atom. The van der Waals surface area contributed by atoms with Crippen molar-refractivity contribution in [3.8, 4) is 22.7 Å². The number of aryl methyl sites for hydroxylation is 1. The van der Waals surface area contributed by atoms with Gasteiger partial charge in [0.05, 0.1) is 0 Å². The maximum Gasteiger partial charge on any atom is 0.185 e. The molecule has 0 spiro atoms. The minimum Gasteiger partial charge on any atom is -0.453 e. The molecule has 0 amide bonds. The third kappa shape index (κ3) is 2.11. The predicted octanol–water partition coefficient (Wildman–Crippen LogP) is 2.43. The van der Waals surface area contributed by atoms with Crippen LogP contribution in [-0.2, 0) is 6.54 Å². The molecule has 0 N–H and O–H groups in total. The first kappa shape index (κ1) is 12.3. The molecular weight excluding hydrogens is 256 g/mol. The Balaban J connectivity index is 2.03. The Morgan fingerprint density at radius 3 is 2.85 bits per heavy atom. The van der Waals surface area contributed by atoms with Gasteiger partial charge in [0.25, 0.3) is 0 Å². The first-order chi connectivity index (χ1) is 9.81. The van der Waals surface area contributed by atoms with Crippen LogP contribution in [0.4, 0.5) is 0 Å². The molecule has 3 rings (SSSR count). The molecule has 0 radical (unpaired) electrons. The average molecular weight is 268 g/mol. The molecule has 0 aliphatic carbocycles. The van der Waals surface area contributed by atoms with Crippen LogP contribution in [0, 0.1) is 0 Å². The van der Waals surface area contributed by atoms with E-state index in [1.54, 1.807) is 16.8 Å². The standard InChI is InChI=1S/C14H12N4O2/c1-2-18-14(15-16-17-18)11-5-3-4-10(8-11)13-7-6-12(9-19)20-13/h3-9H,2H2,1H3. The zero-order valence-corrected chi connectivity index (χ0v) is 10.9. The quantitative estimate of drug-likeness (QED) is 0.679. The highest BCUT2D eigenvalue weighted by atomic mass is 16.3. The van der Waals surface area contributed by atoms with E-state index >= 15 is 0 Å². The van der Waals surface area contributed by atoms with Gasteiger partial charge in [-0.3, -0.25) is 4.79 Å². The molecule has 2 aromatic heterocycles. The first-order valence-corrected chi connectivity index (χ1v) is 6.24. The summed E-state index contributed by atoms with van der Waals surface area (Å²) in [5, 5.41) is 11.6. The molecule has 0 aliphatic rings. The van der Waals surface area contributed by atoms with Crippen LogP contribution in [0.5, 0.6) is 0 Å². The number of hydrogen-bond acceptors (Lipinski definition) is 5. The molecule has 6 heteroatoms. The van der Waals surface area contributed by atoms with Crippen molar-refractivity contribution in [3.63, 3.8) is 0 Å². The number of hydrogen-bond donors (Lipinski definition) is 0. The number of aromatic nitrogens is 4. The Morgan fingerprint density at radius 2 is 2.10 bits per heavy atom. The van der Waals surface area contributed by atoms with Crippen molar-refractivity contribution in [3.05, 3.63) is 42.2 Å². The molecule has 6 nitrogen and oxygen atoms in total. The monoisotopic (exact) mass is 268 g/mol. The number of aldehydes is 1. The molecule has 0 unspecified atom stereocenters. The largest absolute Gasteiger partial charge is 0.453 e. The van der Waals surface area contributed by atoms with Gasteiger partial charge < -0.3 is 4.42 Å². The third-order valence-electron chi connectivity index (χ3n) is 2.98. The SMILES string of the molecule is CCn1nnnc1-c1cccc(-c2ccc(C=O)o2)c1. The summed E-state index contributed by atoms with van der Waals surface area (Å²) in [6.07, 6.45) is 0.685. The van der Waals surface area contributed by atoms with Gasteiger partial charge in [-0.25, -0.2) is 4.68 Å². The Bertz CT molecular complexity index is 745. The molecule has 0 saturated carbocycles. The smallest absolute Gasteiger partial charge is 0.185 e. The van der Waals surface area contributed by atoms with Gasteiger partial charge in [-0.05, 0) is 35.5 Å². The fourth-order valence-corrected chi connectivity index (χ4v) is 2.01. The van der Waals surface area contributed by atoms with Crippen LogP contribution < -0.4 is 0 Å². The fourth-order valence-electron chi connectivity index (χ4n) is 2.01. The second-order valence-electron chi connectivity index (χ2n) is 4.22. The van der Waals surface area contributed by atoms with Crippen molar-refractivity contribution >= 4 is 6.29 Å². The molecule has 100 valence electrons. The number of carbonyl (C=O) groups is 1. The number of benzene rings is 1. The summed E-state index contributed by atoms with van der Waals surface area (Å²) in [6.45, 7) is 2.68. The molecule has 0 saturated heterocycles. The summed E-state index contributed by atoms with van der Waals surface area (Å²) in [5.74, 6) is 1.66. The zero-order valence-electron chi connectivity index (χ0n) is 10.9. The summed E-state index contributed by atoms with van der Waals surface area (Å²) < 4.78 is 7.14. The second kappa shape index (κ2) is 5.08. The van der Waals surface area contributed by atoms with E-state index in [-0.39, 0.29) is 0 Å². The van der Waals surface area contributed by atoms with Crippen molar-refractivity contribution in [2.45, 2.75) is 13.5 Å². The van der Waals surface area contributed by atoms with Crippen LogP contribution in [0.3, 0.4) is 0 Å². The Labute approximate surface area is 115 Å². The summed E-state index contributed by atoms with van der Waals surface area (Å²) in [6, 6.07) is 11.1. The van der Waals surface area contributed by atoms with Crippen LogP contribution in [0.1, 0.15) is 17.5 Å². The van der Waals surface area contributed by atoms with Crippen LogP contribution in [0.15, 0.2) is 40.8 Å². The maximum atomic E-state index is 10.7. The molecule has 0 atom stereocenters. The van der Waals surface area contributed by atoms with E-state index in [0.717, 1.165) is 11.1 Å². The molecule has 0 fully saturated rings. The van der Waals surface area contributed by atoms with Crippen molar-refractivity contribution in [2.75, 3.05) is 0 Å². The van der Waals surface area contributed by atoms with E-state index in [4.69, 9.17) is 4.42 Å². The molecule has 0 bridgehead atoms. The summed E-state index contributed by atoms with van der Waals surface area (Å²) in [7, 11) is 0. The van der Waals surface area contributed by atoms with Gasteiger partial charge in [-0.15, -0.1) is 5.10 Å². The lowest BCUT2D eigenvalue weighted by Gasteiger charge is -2.03. The number of carbonyl (C=O) groups excluding carboxylic acids is 1. The first-order valence-electron chi connectivity index (χ1n) is 6.24. The molecule has 20 heavy (non-hydrogen) atoms. The van der Waals surface area contributed by atoms with Gasteiger partial charge in [0.1, 0.15) is 5.76 Å². The lowest BCUT2D eigenvalue weighted by Crippen LogP contribution is -1.99. The van der Waals surface area contributed by atoms with Gasteiger partial charge >= 0.3 is 0 Å². The maximum absolute atomic E-state index is 10.7. The molecule has 3 aromatic rings. The van der Waals surface area contributed by atoms with Crippen molar-refractivity contribution < 1.29 is 9.21 Å². The lowest BCUT2D eigenvalue weighted by molar-refractivity contribution is 0.110. The van der Waals surface area contributed by atoms with Crippen molar-refractivity contribution in [1.82, 2.24) is 20.2 Å². The zero-order chi connectivity index (χ0) is 13.9. The van der Waals surface area contributed by atoms with Gasteiger partial charge in [0.15, 0.2) is 17.9 Å². The average Bonchev–Trinajstić information content (AvgIpc) is 3.16. The Hall–Kier alpha value is -2.76. The van der Waals surface area contributed by atoms with Gasteiger partial charge in [0.2, 0.25) is 0 Å². The summed E-state index contributed by atoms with van der Waals surface area (Å²) in [5.41, 5.74) is 1.78. The molecule has 2 heterocycles. The van der Waals surface area contributed by atoms with Crippen LogP contribution in [0.2, 0.25) is 0 Å². The highest BCUT2D eigenvalue weighted by Gasteiger charge is 2.10. The van der Waals surface area contributed by atoms with Crippen LogP contribution in [-0.4, -0.2) is 26.5 Å². The number of rotatable bonds is 4. The van der Waals surface area contributed by atoms with Crippen LogP contribution in [0.25, 0.3) is 22.7 Å². The number of furan rings is 1. The lowest BCUT2D eigenvalue weighted by atomic mass is 10.1. The summed E-state index contributed by atoms with van der Waals surface area (Å²) in [4.78, 5) is 10.7. The number of tetrazole rings is 1. The van der Waals surface area contributed by atoms with E-state index in [9.17, 15) is 4.79 Å². The number of nitrogens with zero attached hydrogens (tertiary/aromatic N) is 4. The fraction of sp³-hybridized carbons (Fsp3) is 0.143. The van der Waals surface area contributed by atoms with E-state index < -0.39 is 0 Å². The topological polar surface area (TPSA) is 73.8 Å². The van der Waals surface area contributed by atoms with Gasteiger partial charge in [-0.1, -0.05) is 18.2 Å². The normalized spacial score (nSPS) is 10.7. The molecule has 1 aromatic carbocycles. The van der Waals surface area contributed by atoms with Crippen LogP contribution >= 0.6 is 0 Å². The highest BCUT2D eigenvalue weighted by Crippen LogP contribution is 2.26. The van der Waals surface area contributed by atoms with Gasteiger partial charge in [-0.2, -0.15) is 0 Å². The molecular formula is C14H12N4O2. The minimum absolute atomic E-state index is 0.309. The van der Waals surface area contributed by atoms with E-state index in [1.165, 1.54) is 0 Å². The summed E-state index contributed by atoms with van der Waals surface area (Å²) >= 11 is 0. The third-order valence-corrected chi connectivity index (χ3v) is 2.98. The van der Waals surface area contributed by atoms with E-state index in [1.807, 2.05) is 31.2 Å². The van der Waals surface area contributed by atoms with E-state index in [2.05, 4.69) is 15.5 Å². The van der Waals surface area contributed by atoms with Gasteiger partial charge in [0, 0.05) is 17.7 Å². The molecule has 0 aliphatic heterocycles. The van der Waals surface area contributed by atoms with E-state index in [0.29, 0.717) is 30.2 Å². The predicted molar refractivity (Wildman–Crippen MR) is 72.0 cm³/mol. The highest BCUT2D eigenvalue weighted by molar-refractivity contribution is 5.74. The minimum atomic E-state index is 0.309. The van der Waals surface area contributed by atoms with Crippen molar-refractivity contribution in [2.24, 2.45) is 0 Å². The Kier molecular flexibility index (Phi) is 3.12.